The van der Waals surface area contributed by atoms with E-state index in [0.717, 1.165) is 40.4 Å². The Hall–Kier alpha value is -2.48. The van der Waals surface area contributed by atoms with Gasteiger partial charge in [-0.2, -0.15) is 4.31 Å². The van der Waals surface area contributed by atoms with E-state index in [1.54, 1.807) is 18.2 Å². The largest absolute Gasteiger partial charge is 0.396 e. The first-order chi connectivity index (χ1) is 14.9. The Morgan fingerprint density at radius 2 is 1.87 bits per heavy atom. The fourth-order valence-corrected chi connectivity index (χ4v) is 5.63. The highest BCUT2D eigenvalue weighted by Crippen LogP contribution is 2.30. The molecular formula is C24H29N3O3S. The summed E-state index contributed by atoms with van der Waals surface area (Å²) in [6, 6.07) is 15.0. The number of aliphatic hydroxyl groups excluding tert-OH is 1. The normalized spacial score (nSPS) is 15.3. The molecule has 0 amide bonds. The predicted octanol–water partition coefficient (Wildman–Crippen LogP) is 3.83. The molecule has 6 nitrogen and oxygen atoms in total. The van der Waals surface area contributed by atoms with Gasteiger partial charge in [-0.05, 0) is 53.8 Å². The number of nitrogens with zero attached hydrogens (tertiary/aromatic N) is 2. The van der Waals surface area contributed by atoms with Crippen LogP contribution in [0.15, 0.2) is 53.4 Å². The Labute approximate surface area is 183 Å². The third kappa shape index (κ3) is 4.44. The van der Waals surface area contributed by atoms with Gasteiger partial charge >= 0.3 is 0 Å². The number of anilines is 1. The fourth-order valence-electron chi connectivity index (χ4n) is 3.99. The predicted molar refractivity (Wildman–Crippen MR) is 124 cm³/mol. The van der Waals surface area contributed by atoms with Crippen LogP contribution in [0.25, 0.3) is 22.0 Å². The number of rotatable bonds is 8. The minimum absolute atomic E-state index is 0.0135. The van der Waals surface area contributed by atoms with Gasteiger partial charge in [0.1, 0.15) is 5.82 Å². The third-order valence-electron chi connectivity index (χ3n) is 5.97. The highest BCUT2D eigenvalue weighted by molar-refractivity contribution is 7.89. The summed E-state index contributed by atoms with van der Waals surface area (Å²) >= 11 is 0. The molecule has 4 rings (SSSR count). The topological polar surface area (TPSA) is 96.5 Å². The molecule has 3 aromatic rings. The number of pyridine rings is 1. The van der Waals surface area contributed by atoms with E-state index in [4.69, 9.17) is 5.73 Å². The molecule has 2 heterocycles. The van der Waals surface area contributed by atoms with Crippen molar-refractivity contribution in [3.63, 3.8) is 0 Å². The number of aryl methyl sites for hydroxylation is 1. The number of benzene rings is 2. The Kier molecular flexibility index (Phi) is 6.27. The SMILES string of the molecule is CCCCCc1cc2ccc(-c3cccc(S(=O)(=O)N4CC(CO)C4)c3)cc2nc1N. The van der Waals surface area contributed by atoms with E-state index in [1.165, 1.54) is 17.1 Å². The summed E-state index contributed by atoms with van der Waals surface area (Å²) in [7, 11) is -3.56. The van der Waals surface area contributed by atoms with Crippen LogP contribution in [0.4, 0.5) is 5.82 Å². The molecule has 0 spiro atoms. The summed E-state index contributed by atoms with van der Waals surface area (Å²) in [5.74, 6) is 0.593. The van der Waals surface area contributed by atoms with E-state index >= 15 is 0 Å². The van der Waals surface area contributed by atoms with E-state index in [1.807, 2.05) is 24.3 Å². The number of aromatic nitrogens is 1. The number of nitrogen functional groups attached to an aromatic ring is 1. The lowest BCUT2D eigenvalue weighted by Gasteiger charge is -2.36. The molecule has 31 heavy (non-hydrogen) atoms. The molecule has 1 saturated heterocycles. The first kappa shape index (κ1) is 21.7. The smallest absolute Gasteiger partial charge is 0.243 e. The number of aliphatic hydroxyl groups is 1. The van der Waals surface area contributed by atoms with E-state index < -0.39 is 10.0 Å². The molecule has 1 aliphatic heterocycles. The molecule has 0 aliphatic carbocycles. The maximum atomic E-state index is 12.9. The van der Waals surface area contributed by atoms with Gasteiger partial charge in [0.15, 0.2) is 0 Å². The molecule has 1 aromatic heterocycles. The summed E-state index contributed by atoms with van der Waals surface area (Å²) < 4.78 is 27.2. The second kappa shape index (κ2) is 8.94. The summed E-state index contributed by atoms with van der Waals surface area (Å²) in [6.45, 7) is 2.92. The Morgan fingerprint density at radius 1 is 1.10 bits per heavy atom. The number of sulfonamides is 1. The van der Waals surface area contributed by atoms with Gasteiger partial charge in [0, 0.05) is 31.0 Å². The highest BCUT2D eigenvalue weighted by Gasteiger charge is 2.36. The van der Waals surface area contributed by atoms with Gasteiger partial charge in [-0.25, -0.2) is 13.4 Å². The van der Waals surface area contributed by atoms with Crippen LogP contribution < -0.4 is 5.73 Å². The number of nitrogens with two attached hydrogens (primary N) is 1. The third-order valence-corrected chi connectivity index (χ3v) is 7.79. The molecule has 7 heteroatoms. The first-order valence-corrected chi connectivity index (χ1v) is 12.3. The Bertz CT molecular complexity index is 1190. The molecule has 0 unspecified atom stereocenters. The molecule has 2 aromatic carbocycles. The maximum absolute atomic E-state index is 12.9. The number of hydrogen-bond acceptors (Lipinski definition) is 5. The molecule has 1 fully saturated rings. The van der Waals surface area contributed by atoms with E-state index in [-0.39, 0.29) is 17.4 Å². The molecule has 0 bridgehead atoms. The first-order valence-electron chi connectivity index (χ1n) is 10.8. The lowest BCUT2D eigenvalue weighted by atomic mass is 10.0. The van der Waals surface area contributed by atoms with Crippen LogP contribution in [-0.2, 0) is 16.4 Å². The molecule has 0 atom stereocenters. The minimum atomic E-state index is -3.56. The van der Waals surface area contributed by atoms with Crippen molar-refractivity contribution in [3.05, 3.63) is 54.1 Å². The average Bonchev–Trinajstić information content (AvgIpc) is 2.73. The standard InChI is InChI=1S/C24H29N3O3S/c1-2-3-4-6-21-11-20-10-9-19(13-23(20)26-24(21)25)18-7-5-8-22(12-18)31(29,30)27-14-17(15-27)16-28/h5,7-13,17,28H,2-4,6,14-16H2,1H3,(H2,25,26). The quantitative estimate of drug-likeness (QED) is 0.520. The van der Waals surface area contributed by atoms with Crippen LogP contribution in [0.1, 0.15) is 31.7 Å². The Morgan fingerprint density at radius 3 is 2.61 bits per heavy atom. The van der Waals surface area contributed by atoms with Gasteiger partial charge in [0.05, 0.1) is 10.4 Å². The zero-order valence-corrected chi connectivity index (χ0v) is 18.6. The van der Waals surface area contributed by atoms with Crippen molar-refractivity contribution in [2.45, 2.75) is 37.5 Å². The highest BCUT2D eigenvalue weighted by atomic mass is 32.2. The molecule has 3 N–H and O–H groups in total. The van der Waals surface area contributed by atoms with Gasteiger partial charge in [-0.1, -0.05) is 44.0 Å². The van der Waals surface area contributed by atoms with Crippen molar-refractivity contribution in [2.75, 3.05) is 25.4 Å². The number of hydrogen-bond donors (Lipinski definition) is 2. The van der Waals surface area contributed by atoms with Crippen molar-refractivity contribution in [2.24, 2.45) is 5.92 Å². The van der Waals surface area contributed by atoms with Crippen LogP contribution in [0.5, 0.6) is 0 Å². The van der Waals surface area contributed by atoms with Gasteiger partial charge in [0.2, 0.25) is 10.0 Å². The maximum Gasteiger partial charge on any atom is 0.243 e. The van der Waals surface area contributed by atoms with Crippen molar-refractivity contribution < 1.29 is 13.5 Å². The van der Waals surface area contributed by atoms with Gasteiger partial charge in [-0.15, -0.1) is 0 Å². The summed E-state index contributed by atoms with van der Waals surface area (Å²) in [6.07, 6.45) is 4.37. The van der Waals surface area contributed by atoms with E-state index in [0.29, 0.717) is 18.9 Å². The van der Waals surface area contributed by atoms with Crippen LogP contribution in [-0.4, -0.2) is 42.5 Å². The van der Waals surface area contributed by atoms with Crippen molar-refractivity contribution in [1.29, 1.82) is 0 Å². The molecular weight excluding hydrogens is 410 g/mol. The van der Waals surface area contributed by atoms with Gasteiger partial charge < -0.3 is 10.8 Å². The zero-order valence-electron chi connectivity index (χ0n) is 17.8. The fraction of sp³-hybridized carbons (Fsp3) is 0.375. The van der Waals surface area contributed by atoms with Crippen molar-refractivity contribution in [1.82, 2.24) is 9.29 Å². The summed E-state index contributed by atoms with van der Waals surface area (Å²) in [4.78, 5) is 4.87. The summed E-state index contributed by atoms with van der Waals surface area (Å²) in [5.41, 5.74) is 9.80. The van der Waals surface area contributed by atoms with Crippen molar-refractivity contribution >= 4 is 26.7 Å². The van der Waals surface area contributed by atoms with Gasteiger partial charge in [0.25, 0.3) is 0 Å². The van der Waals surface area contributed by atoms with Crippen LogP contribution in [0.3, 0.4) is 0 Å². The van der Waals surface area contributed by atoms with E-state index in [9.17, 15) is 13.5 Å². The second-order valence-electron chi connectivity index (χ2n) is 8.30. The molecule has 1 aliphatic rings. The van der Waals surface area contributed by atoms with Crippen molar-refractivity contribution in [3.8, 4) is 11.1 Å². The second-order valence-corrected chi connectivity index (χ2v) is 10.2. The monoisotopic (exact) mass is 439 g/mol. The lowest BCUT2D eigenvalue weighted by molar-refractivity contribution is 0.117. The number of fused-ring (bicyclic) bond motifs is 1. The minimum Gasteiger partial charge on any atom is -0.396 e. The van der Waals surface area contributed by atoms with Crippen LogP contribution >= 0.6 is 0 Å². The molecule has 0 radical (unpaired) electrons. The molecule has 164 valence electrons. The number of unbranched alkanes of at least 4 members (excludes halogenated alkanes) is 2. The van der Waals surface area contributed by atoms with E-state index in [2.05, 4.69) is 18.0 Å². The zero-order chi connectivity index (χ0) is 22.0. The van der Waals surface area contributed by atoms with Crippen LogP contribution in [0.2, 0.25) is 0 Å². The lowest BCUT2D eigenvalue weighted by Crippen LogP contribution is -2.51. The molecule has 0 saturated carbocycles. The summed E-state index contributed by atoms with van der Waals surface area (Å²) in [5, 5.41) is 10.2. The van der Waals surface area contributed by atoms with Gasteiger partial charge in [-0.3, -0.25) is 0 Å². The average molecular weight is 440 g/mol. The van der Waals surface area contributed by atoms with Crippen LogP contribution in [0, 0.1) is 5.92 Å². The Balaban J connectivity index is 1.62.